The molecule has 23 atom stereocenters. The minimum atomic E-state index is -1.95. The van der Waals surface area contributed by atoms with Gasteiger partial charge in [0.2, 0.25) is 6.29 Å². The van der Waals surface area contributed by atoms with E-state index in [-0.39, 0.29) is 34.4 Å². The molecule has 5 heterocycles. The number of fused-ring (bicyclic) bond motifs is 1. The van der Waals surface area contributed by atoms with Gasteiger partial charge in [-0.15, -0.1) is 0 Å². The van der Waals surface area contributed by atoms with Crippen molar-refractivity contribution in [1.82, 2.24) is 0 Å². The van der Waals surface area contributed by atoms with E-state index in [1.165, 1.54) is 0 Å². The molecule has 10 N–H and O–H groups in total. The minimum Gasteiger partial charge on any atom is -0.432 e. The maximum absolute atomic E-state index is 14.8. The molecule has 0 amide bonds. The van der Waals surface area contributed by atoms with E-state index in [4.69, 9.17) is 33.2 Å². The number of ether oxygens (including phenoxy) is 7. The maximum atomic E-state index is 14.8. The van der Waals surface area contributed by atoms with Crippen molar-refractivity contribution in [3.8, 4) is 0 Å². The van der Waals surface area contributed by atoms with Crippen LogP contribution in [0.5, 0.6) is 0 Å². The van der Waals surface area contributed by atoms with Crippen molar-refractivity contribution in [2.24, 2.45) is 34.0 Å². The molecule has 5 saturated heterocycles. The molecule has 18 heteroatoms. The first kappa shape index (κ1) is 41.6. The van der Waals surface area contributed by atoms with Gasteiger partial charge < -0.3 is 84.2 Å². The molecule has 0 radical (unpaired) electrons. The van der Waals surface area contributed by atoms with Crippen LogP contribution in [0.15, 0.2) is 0 Å². The summed E-state index contributed by atoms with van der Waals surface area (Å²) < 4.78 is 42.2. The highest BCUT2D eigenvalue weighted by molar-refractivity contribution is 5.77. The van der Waals surface area contributed by atoms with E-state index < -0.39 is 123 Å². The van der Waals surface area contributed by atoms with Gasteiger partial charge in [0.15, 0.2) is 18.7 Å². The molecular weight excluding hydrogens is 744 g/mol. The fourth-order valence-electron chi connectivity index (χ4n) is 13.0. The number of carbonyl (C=O) groups is 1. The third kappa shape index (κ3) is 6.24. The van der Waals surface area contributed by atoms with E-state index in [2.05, 4.69) is 13.8 Å². The molecule has 23 unspecified atom stereocenters. The van der Waals surface area contributed by atoms with E-state index in [9.17, 15) is 55.9 Å². The van der Waals surface area contributed by atoms with Crippen molar-refractivity contribution in [2.75, 3.05) is 19.8 Å². The Morgan fingerprint density at radius 2 is 1.23 bits per heavy atom. The Bertz CT molecular complexity index is 1450. The average molecular weight is 805 g/mol. The Morgan fingerprint density at radius 1 is 0.679 bits per heavy atom. The van der Waals surface area contributed by atoms with Crippen LogP contribution in [0.2, 0.25) is 0 Å². The smallest absolute Gasteiger partial charge is 0.314 e. The molecule has 9 rings (SSSR count). The Labute approximate surface area is 324 Å². The molecule has 18 nitrogen and oxygen atoms in total. The molecule has 4 saturated carbocycles. The molecule has 4 aliphatic carbocycles. The van der Waals surface area contributed by atoms with Crippen LogP contribution in [-0.2, 0) is 38.0 Å². The fourth-order valence-corrected chi connectivity index (χ4v) is 13.0. The van der Waals surface area contributed by atoms with E-state index >= 15 is 0 Å². The van der Waals surface area contributed by atoms with Crippen molar-refractivity contribution < 1.29 is 89.0 Å². The molecular formula is C38H60O18. The number of rotatable bonds is 9. The van der Waals surface area contributed by atoms with Gasteiger partial charge in [-0.25, -0.2) is 0 Å². The predicted molar refractivity (Wildman–Crippen MR) is 184 cm³/mol. The second kappa shape index (κ2) is 14.8. The largest absolute Gasteiger partial charge is 0.432 e. The Morgan fingerprint density at radius 3 is 1.80 bits per heavy atom. The fraction of sp³-hybridized carbons (Fsp3) is 0.974. The highest BCUT2D eigenvalue weighted by Gasteiger charge is 2.74. The summed E-state index contributed by atoms with van der Waals surface area (Å²) in [6.07, 6.45) is -19.1. The predicted octanol–water partition coefficient (Wildman–Crippen LogP) is -2.84. The lowest BCUT2D eigenvalue weighted by Gasteiger charge is -2.65. The second-order valence-corrected chi connectivity index (χ2v) is 18.7. The van der Waals surface area contributed by atoms with Crippen LogP contribution in [-0.4, -0.2) is 181 Å². The molecule has 0 aromatic rings. The van der Waals surface area contributed by atoms with Gasteiger partial charge in [-0.1, -0.05) is 13.3 Å². The molecule has 9 aliphatic rings. The summed E-state index contributed by atoms with van der Waals surface area (Å²) in [4.78, 5) is 14.8. The van der Waals surface area contributed by atoms with E-state index in [0.717, 1.165) is 44.9 Å². The van der Waals surface area contributed by atoms with Crippen molar-refractivity contribution in [2.45, 2.75) is 176 Å². The summed E-state index contributed by atoms with van der Waals surface area (Å²) >= 11 is 0. The third-order valence-electron chi connectivity index (χ3n) is 15.6. The number of carbonyl (C=O) groups excluding carboxylic acids is 1. The van der Waals surface area contributed by atoms with Gasteiger partial charge in [0, 0.05) is 0 Å². The van der Waals surface area contributed by atoms with Crippen LogP contribution in [0.3, 0.4) is 0 Å². The van der Waals surface area contributed by atoms with Crippen LogP contribution in [0, 0.1) is 34.0 Å². The molecule has 56 heavy (non-hydrogen) atoms. The topological polar surface area (TPSA) is 284 Å². The van der Waals surface area contributed by atoms with Crippen molar-refractivity contribution in [3.05, 3.63) is 0 Å². The van der Waals surface area contributed by atoms with Crippen LogP contribution < -0.4 is 0 Å². The van der Waals surface area contributed by atoms with Crippen LogP contribution >= 0.6 is 0 Å². The normalized spacial score (nSPS) is 57.8. The Balaban J connectivity index is 1.10. The van der Waals surface area contributed by atoms with Gasteiger partial charge in [-0.2, -0.15) is 0 Å². The summed E-state index contributed by atoms with van der Waals surface area (Å²) in [6.45, 7) is 4.01. The maximum Gasteiger partial charge on any atom is 0.314 e. The zero-order valence-corrected chi connectivity index (χ0v) is 32.0. The van der Waals surface area contributed by atoms with E-state index in [0.29, 0.717) is 12.3 Å². The first-order chi connectivity index (χ1) is 26.4. The SMILES string of the molecule is CC12CC34CCC5C(C)(C(=O)OC6OC(CO)C(O)C(OC7OC(CO)C(O)C(O)C7O)C6OC6OC(CO)C(O)C(O)C6O)CCCC5(C)C3C(CC1C4)O2. The standard InChI is InChI=1S/C38H60O18/c1-35-6-4-7-36(2,20(35)5-8-38-10-15-9-16(30(35)38)56-37(15,3)14-38)34(49)55-33-29(54-32-27(48)25(46)22(43)18(12-40)51-32)28(23(44)19(13-41)52-33)53-31-26(47)24(45)21(42)17(11-39)50-31/h15-33,39-48H,4-14H2,1-3H3. The minimum absolute atomic E-state index is 0.0996. The van der Waals surface area contributed by atoms with Gasteiger partial charge in [-0.3, -0.25) is 4.79 Å². The third-order valence-corrected chi connectivity index (χ3v) is 15.6. The summed E-state index contributed by atoms with van der Waals surface area (Å²) in [7, 11) is 0. The van der Waals surface area contributed by atoms with E-state index in [1.807, 2.05) is 6.92 Å². The van der Waals surface area contributed by atoms with E-state index in [1.54, 1.807) is 0 Å². The number of esters is 1. The highest BCUT2D eigenvalue weighted by Crippen LogP contribution is 2.77. The number of aliphatic hydroxyl groups is 10. The van der Waals surface area contributed by atoms with Crippen LogP contribution in [0.1, 0.15) is 72.1 Å². The number of aliphatic hydroxyl groups excluding tert-OH is 10. The quantitative estimate of drug-likeness (QED) is 0.105. The molecule has 4 bridgehead atoms. The first-order valence-electron chi connectivity index (χ1n) is 20.2. The number of hydrogen-bond acceptors (Lipinski definition) is 18. The molecule has 0 aromatic carbocycles. The Hall–Kier alpha value is -1.17. The lowest BCUT2D eigenvalue weighted by molar-refractivity contribution is -0.389. The Kier molecular flexibility index (Phi) is 11.0. The molecule has 320 valence electrons. The van der Waals surface area contributed by atoms with Gasteiger partial charge in [0.1, 0.15) is 67.1 Å². The average Bonchev–Trinajstić information content (AvgIpc) is 3.53. The lowest BCUT2D eigenvalue weighted by atomic mass is 9.40. The second-order valence-electron chi connectivity index (χ2n) is 18.7. The number of hydrogen-bond donors (Lipinski definition) is 10. The zero-order valence-electron chi connectivity index (χ0n) is 32.0. The molecule has 9 fully saturated rings. The van der Waals surface area contributed by atoms with Gasteiger partial charge in [0.05, 0.1) is 36.9 Å². The molecule has 1 spiro atoms. The highest BCUT2D eigenvalue weighted by atomic mass is 16.8. The van der Waals surface area contributed by atoms with Crippen molar-refractivity contribution in [1.29, 1.82) is 0 Å². The van der Waals surface area contributed by atoms with Gasteiger partial charge in [-0.05, 0) is 87.4 Å². The summed E-state index contributed by atoms with van der Waals surface area (Å²) in [5, 5.41) is 105. The van der Waals surface area contributed by atoms with Gasteiger partial charge in [0.25, 0.3) is 0 Å². The lowest BCUT2D eigenvalue weighted by Crippen LogP contribution is -2.68. The van der Waals surface area contributed by atoms with Crippen molar-refractivity contribution >= 4 is 5.97 Å². The summed E-state index contributed by atoms with van der Waals surface area (Å²) in [5.74, 6) is 0.0662. The van der Waals surface area contributed by atoms with Gasteiger partial charge >= 0.3 is 5.97 Å². The summed E-state index contributed by atoms with van der Waals surface area (Å²) in [6, 6.07) is 0. The zero-order chi connectivity index (χ0) is 40.3. The molecule has 0 aromatic heterocycles. The first-order valence-corrected chi connectivity index (χ1v) is 20.2. The van der Waals surface area contributed by atoms with Crippen molar-refractivity contribution in [3.63, 3.8) is 0 Å². The van der Waals surface area contributed by atoms with Crippen LogP contribution in [0.4, 0.5) is 0 Å². The molecule has 5 aliphatic heterocycles. The van der Waals surface area contributed by atoms with Crippen LogP contribution in [0.25, 0.3) is 0 Å². The monoisotopic (exact) mass is 804 g/mol. The summed E-state index contributed by atoms with van der Waals surface area (Å²) in [5.41, 5.74) is -1.22.